The molecule has 0 aliphatic heterocycles. The molecule has 0 aromatic carbocycles. The van der Waals surface area contributed by atoms with Crippen molar-refractivity contribution in [3.63, 3.8) is 0 Å². The first kappa shape index (κ1) is 12.3. The monoisotopic (exact) mass is 249 g/mol. The van der Waals surface area contributed by atoms with Gasteiger partial charge in [-0.2, -0.15) is 5.10 Å². The number of likely N-dealkylation sites (N-methyl/N-ethyl adjacent to an activating group) is 1. The SMILES string of the molecule is Cc1cc(CN(C)C(=O)Cc2nonc2C)n[nH]1. The van der Waals surface area contributed by atoms with Crippen LogP contribution in [0.25, 0.3) is 0 Å². The van der Waals surface area contributed by atoms with E-state index in [1.54, 1.807) is 18.9 Å². The van der Waals surface area contributed by atoms with E-state index in [9.17, 15) is 4.79 Å². The maximum Gasteiger partial charge on any atom is 0.228 e. The van der Waals surface area contributed by atoms with Crippen molar-refractivity contribution in [2.75, 3.05) is 7.05 Å². The first-order chi connectivity index (χ1) is 8.56. The van der Waals surface area contributed by atoms with Gasteiger partial charge in [-0.3, -0.25) is 9.89 Å². The van der Waals surface area contributed by atoms with Crippen LogP contribution in [0.1, 0.15) is 22.8 Å². The smallest absolute Gasteiger partial charge is 0.228 e. The highest BCUT2D eigenvalue weighted by atomic mass is 16.6. The number of amides is 1. The van der Waals surface area contributed by atoms with E-state index in [2.05, 4.69) is 25.1 Å². The molecule has 18 heavy (non-hydrogen) atoms. The number of nitrogens with one attached hydrogen (secondary N) is 1. The first-order valence-corrected chi connectivity index (χ1v) is 5.59. The topological polar surface area (TPSA) is 87.9 Å². The number of aromatic amines is 1. The summed E-state index contributed by atoms with van der Waals surface area (Å²) in [5.74, 6) is -0.0468. The zero-order chi connectivity index (χ0) is 13.1. The highest BCUT2D eigenvalue weighted by Gasteiger charge is 2.15. The van der Waals surface area contributed by atoms with Crippen molar-refractivity contribution < 1.29 is 9.42 Å². The van der Waals surface area contributed by atoms with Crippen molar-refractivity contribution in [3.05, 3.63) is 28.8 Å². The fraction of sp³-hybridized carbons (Fsp3) is 0.455. The molecular formula is C11H15N5O2. The Morgan fingerprint density at radius 1 is 1.44 bits per heavy atom. The van der Waals surface area contributed by atoms with E-state index in [-0.39, 0.29) is 12.3 Å². The van der Waals surface area contributed by atoms with Crippen molar-refractivity contribution in [2.24, 2.45) is 0 Å². The van der Waals surface area contributed by atoms with Crippen LogP contribution in [0, 0.1) is 13.8 Å². The van der Waals surface area contributed by atoms with Gasteiger partial charge in [0.05, 0.1) is 18.7 Å². The van der Waals surface area contributed by atoms with Gasteiger partial charge >= 0.3 is 0 Å². The summed E-state index contributed by atoms with van der Waals surface area (Å²) in [4.78, 5) is 13.6. The van der Waals surface area contributed by atoms with E-state index >= 15 is 0 Å². The highest BCUT2D eigenvalue weighted by Crippen LogP contribution is 2.06. The van der Waals surface area contributed by atoms with Crippen LogP contribution in [0.15, 0.2) is 10.7 Å². The molecule has 0 spiro atoms. The molecule has 96 valence electrons. The summed E-state index contributed by atoms with van der Waals surface area (Å²) in [6.07, 6.45) is 0.190. The zero-order valence-electron chi connectivity index (χ0n) is 10.6. The van der Waals surface area contributed by atoms with Crippen molar-refractivity contribution in [3.8, 4) is 0 Å². The predicted molar refractivity (Wildman–Crippen MR) is 62.5 cm³/mol. The predicted octanol–water partition coefficient (Wildman–Crippen LogP) is 0.611. The maximum absolute atomic E-state index is 12.0. The molecule has 2 rings (SSSR count). The van der Waals surface area contributed by atoms with Crippen LogP contribution >= 0.6 is 0 Å². The third kappa shape index (κ3) is 2.73. The van der Waals surface area contributed by atoms with Crippen LogP contribution in [-0.4, -0.2) is 38.4 Å². The Morgan fingerprint density at radius 3 is 2.78 bits per heavy atom. The highest BCUT2D eigenvalue weighted by molar-refractivity contribution is 5.78. The lowest BCUT2D eigenvalue weighted by atomic mass is 10.2. The van der Waals surface area contributed by atoms with Crippen LogP contribution in [0.2, 0.25) is 0 Å². The van der Waals surface area contributed by atoms with E-state index in [1.807, 2.05) is 13.0 Å². The Labute approximate surface area is 104 Å². The van der Waals surface area contributed by atoms with E-state index < -0.39 is 0 Å². The number of carbonyl (C=O) groups excluding carboxylic acids is 1. The fourth-order valence-corrected chi connectivity index (χ4v) is 1.57. The number of H-pyrrole nitrogens is 1. The second-order valence-corrected chi connectivity index (χ2v) is 4.27. The number of hydrogen-bond donors (Lipinski definition) is 1. The van der Waals surface area contributed by atoms with Gasteiger partial charge in [-0.25, -0.2) is 4.63 Å². The van der Waals surface area contributed by atoms with Gasteiger partial charge in [0.15, 0.2) is 0 Å². The third-order valence-electron chi connectivity index (χ3n) is 2.65. The van der Waals surface area contributed by atoms with Crippen LogP contribution in [0.3, 0.4) is 0 Å². The molecule has 7 heteroatoms. The minimum absolute atomic E-state index is 0.0468. The number of aryl methyl sites for hydroxylation is 2. The molecule has 0 atom stereocenters. The van der Waals surface area contributed by atoms with Crippen LogP contribution in [0.5, 0.6) is 0 Å². The van der Waals surface area contributed by atoms with Crippen LogP contribution < -0.4 is 0 Å². The minimum atomic E-state index is -0.0468. The molecule has 0 unspecified atom stereocenters. The largest absolute Gasteiger partial charge is 0.339 e. The van der Waals surface area contributed by atoms with E-state index in [0.29, 0.717) is 17.9 Å². The van der Waals surface area contributed by atoms with Gasteiger partial charge in [-0.1, -0.05) is 10.3 Å². The Balaban J connectivity index is 1.95. The molecule has 0 saturated heterocycles. The van der Waals surface area contributed by atoms with Crippen molar-refractivity contribution in [1.82, 2.24) is 25.4 Å². The molecule has 0 aliphatic carbocycles. The van der Waals surface area contributed by atoms with Gasteiger partial charge < -0.3 is 4.90 Å². The van der Waals surface area contributed by atoms with Crippen molar-refractivity contribution in [1.29, 1.82) is 0 Å². The van der Waals surface area contributed by atoms with Gasteiger partial charge in [0, 0.05) is 12.7 Å². The molecule has 0 fully saturated rings. The summed E-state index contributed by atoms with van der Waals surface area (Å²) in [7, 11) is 1.73. The Morgan fingerprint density at radius 2 is 2.22 bits per heavy atom. The summed E-state index contributed by atoms with van der Waals surface area (Å²) >= 11 is 0. The second-order valence-electron chi connectivity index (χ2n) is 4.27. The normalized spacial score (nSPS) is 10.6. The maximum atomic E-state index is 12.0. The summed E-state index contributed by atoms with van der Waals surface area (Å²) in [6, 6.07) is 1.91. The second kappa shape index (κ2) is 4.99. The average molecular weight is 249 g/mol. The van der Waals surface area contributed by atoms with Crippen LogP contribution in [-0.2, 0) is 17.8 Å². The van der Waals surface area contributed by atoms with E-state index in [4.69, 9.17) is 0 Å². The van der Waals surface area contributed by atoms with Gasteiger partial charge in [-0.05, 0) is 19.9 Å². The third-order valence-corrected chi connectivity index (χ3v) is 2.65. The number of hydrogen-bond acceptors (Lipinski definition) is 5. The standard InChI is InChI=1S/C11H15N5O2/c1-7-4-9(13-12-7)6-16(3)11(17)5-10-8(2)14-18-15-10/h4H,5-6H2,1-3H3,(H,12,13). The molecule has 0 bridgehead atoms. The Hall–Kier alpha value is -2.18. The lowest BCUT2D eigenvalue weighted by Crippen LogP contribution is -2.28. The summed E-state index contributed by atoms with van der Waals surface area (Å²) < 4.78 is 4.56. The number of carbonyl (C=O) groups is 1. The lowest BCUT2D eigenvalue weighted by molar-refractivity contribution is -0.129. The molecule has 1 amide bonds. The molecule has 0 aliphatic rings. The molecule has 1 N–H and O–H groups in total. The number of nitrogens with zero attached hydrogens (tertiary/aromatic N) is 4. The lowest BCUT2D eigenvalue weighted by Gasteiger charge is -2.14. The van der Waals surface area contributed by atoms with Gasteiger partial charge in [0.1, 0.15) is 11.4 Å². The first-order valence-electron chi connectivity index (χ1n) is 5.59. The fourth-order valence-electron chi connectivity index (χ4n) is 1.57. The Kier molecular flexibility index (Phi) is 3.40. The molecular weight excluding hydrogens is 234 g/mol. The van der Waals surface area contributed by atoms with Gasteiger partial charge in [0.25, 0.3) is 0 Å². The van der Waals surface area contributed by atoms with Crippen molar-refractivity contribution >= 4 is 5.91 Å². The molecule has 2 heterocycles. The number of aromatic nitrogens is 4. The van der Waals surface area contributed by atoms with E-state index in [0.717, 1.165) is 11.4 Å². The van der Waals surface area contributed by atoms with Crippen molar-refractivity contribution in [2.45, 2.75) is 26.8 Å². The summed E-state index contributed by atoms with van der Waals surface area (Å²) in [6.45, 7) is 4.15. The quantitative estimate of drug-likeness (QED) is 0.857. The minimum Gasteiger partial charge on any atom is -0.339 e. The average Bonchev–Trinajstić information content (AvgIpc) is 2.89. The molecule has 7 nitrogen and oxygen atoms in total. The number of rotatable bonds is 4. The Bertz CT molecular complexity index is 545. The zero-order valence-corrected chi connectivity index (χ0v) is 10.6. The molecule has 2 aromatic heterocycles. The van der Waals surface area contributed by atoms with Gasteiger partial charge in [-0.15, -0.1) is 0 Å². The summed E-state index contributed by atoms with van der Waals surface area (Å²) in [5.41, 5.74) is 3.03. The summed E-state index contributed by atoms with van der Waals surface area (Å²) in [5, 5.41) is 14.3. The van der Waals surface area contributed by atoms with Gasteiger partial charge in [0.2, 0.25) is 5.91 Å². The van der Waals surface area contributed by atoms with E-state index in [1.165, 1.54) is 0 Å². The molecule has 2 aromatic rings. The molecule has 0 saturated carbocycles. The molecule has 0 radical (unpaired) electrons. The van der Waals surface area contributed by atoms with Crippen LogP contribution in [0.4, 0.5) is 0 Å².